The number of hydrogen-bond acceptors (Lipinski definition) is 3. The first-order valence-corrected chi connectivity index (χ1v) is 10.2. The van der Waals surface area contributed by atoms with Gasteiger partial charge >= 0.3 is 0 Å². The summed E-state index contributed by atoms with van der Waals surface area (Å²) in [7, 11) is 0. The molecule has 0 bridgehead atoms. The maximum Gasteiger partial charge on any atom is 0.300 e. The molecule has 0 spiro atoms. The molecule has 1 aliphatic rings. The Morgan fingerprint density at radius 1 is 0.969 bits per heavy atom. The Morgan fingerprint density at radius 2 is 1.66 bits per heavy atom. The molecular weight excluding hydrogens is 407 g/mol. The average molecular weight is 426 g/mol. The predicted molar refractivity (Wildman–Crippen MR) is 121 cm³/mol. The van der Waals surface area contributed by atoms with Gasteiger partial charge in [0.05, 0.1) is 11.6 Å². The Balaban J connectivity index is 1.77. The predicted octanol–water partition coefficient (Wildman–Crippen LogP) is 5.24. The number of aliphatic hydroxyl groups excluding tert-OH is 1. The normalized spacial score (nSPS) is 17.9. The zero-order chi connectivity index (χ0) is 22.4. The average Bonchev–Trinajstić information content (AvgIpc) is 3.33. The van der Waals surface area contributed by atoms with Crippen molar-refractivity contribution < 1.29 is 19.1 Å². The van der Waals surface area contributed by atoms with Gasteiger partial charge in [-0.1, -0.05) is 35.9 Å². The minimum Gasteiger partial charge on any atom is -0.507 e. The van der Waals surface area contributed by atoms with Gasteiger partial charge in [-0.25, -0.2) is 4.39 Å². The lowest BCUT2D eigenvalue weighted by Crippen LogP contribution is -2.29. The van der Waals surface area contributed by atoms with Crippen molar-refractivity contribution >= 4 is 34.0 Å². The number of hydrogen-bond donors (Lipinski definition) is 2. The molecule has 1 unspecified atom stereocenters. The third-order valence-corrected chi connectivity index (χ3v) is 5.79. The summed E-state index contributed by atoms with van der Waals surface area (Å²) in [4.78, 5) is 31.0. The van der Waals surface area contributed by atoms with Crippen molar-refractivity contribution in [2.45, 2.75) is 13.0 Å². The first kappa shape index (κ1) is 19.8. The number of nitrogens with one attached hydrogen (secondary N) is 1. The standard InChI is InChI=1S/C26H19FN2O3/c1-15-6-12-18(13-7-15)29-23(20-14-28-21-5-3-2-4-19(20)21)22(25(31)26(29)32)24(30)16-8-10-17(27)11-9-16/h2-14,23,28,30H,1H3/b24-22+. The molecule has 4 aromatic rings. The summed E-state index contributed by atoms with van der Waals surface area (Å²) in [6.07, 6.45) is 1.75. The number of Topliss-reactive ketones (excluding diaryl/α,β-unsaturated/α-hetero) is 1. The Morgan fingerprint density at radius 3 is 2.38 bits per heavy atom. The second-order valence-corrected chi connectivity index (χ2v) is 7.80. The van der Waals surface area contributed by atoms with Crippen LogP contribution in [-0.2, 0) is 9.59 Å². The van der Waals surface area contributed by atoms with E-state index in [-0.39, 0.29) is 16.9 Å². The Hall–Kier alpha value is -4.19. The summed E-state index contributed by atoms with van der Waals surface area (Å²) in [5, 5.41) is 11.9. The van der Waals surface area contributed by atoms with Gasteiger partial charge in [0, 0.05) is 33.9 Å². The van der Waals surface area contributed by atoms with Crippen LogP contribution in [0.25, 0.3) is 16.7 Å². The minimum absolute atomic E-state index is 0.0352. The van der Waals surface area contributed by atoms with E-state index >= 15 is 0 Å². The Kier molecular flexibility index (Phi) is 4.63. The number of carbonyl (C=O) groups is 2. The van der Waals surface area contributed by atoms with Gasteiger partial charge in [0.25, 0.3) is 11.7 Å². The topological polar surface area (TPSA) is 73.4 Å². The first-order valence-electron chi connectivity index (χ1n) is 10.2. The number of anilines is 1. The molecule has 1 atom stereocenters. The van der Waals surface area contributed by atoms with E-state index in [1.807, 2.05) is 43.3 Å². The molecular formula is C26H19FN2O3. The number of ketones is 1. The van der Waals surface area contributed by atoms with Crippen LogP contribution in [0.3, 0.4) is 0 Å². The number of aromatic nitrogens is 1. The van der Waals surface area contributed by atoms with Gasteiger partial charge < -0.3 is 10.1 Å². The highest BCUT2D eigenvalue weighted by molar-refractivity contribution is 6.51. The third kappa shape index (κ3) is 3.08. The van der Waals surface area contributed by atoms with Gasteiger partial charge in [0.1, 0.15) is 11.6 Å². The van der Waals surface area contributed by atoms with E-state index in [1.165, 1.54) is 29.2 Å². The Bertz CT molecular complexity index is 1380. The highest BCUT2D eigenvalue weighted by Gasteiger charge is 2.47. The van der Waals surface area contributed by atoms with E-state index in [9.17, 15) is 19.1 Å². The van der Waals surface area contributed by atoms with Crippen molar-refractivity contribution in [1.29, 1.82) is 0 Å². The number of aliphatic hydroxyl groups is 1. The van der Waals surface area contributed by atoms with E-state index in [0.717, 1.165) is 16.5 Å². The fourth-order valence-electron chi connectivity index (χ4n) is 4.18. The molecule has 1 saturated heterocycles. The van der Waals surface area contributed by atoms with Gasteiger partial charge in [-0.15, -0.1) is 0 Å². The molecule has 6 heteroatoms. The van der Waals surface area contributed by atoms with Crippen LogP contribution in [0.5, 0.6) is 0 Å². The molecule has 1 fully saturated rings. The lowest BCUT2D eigenvalue weighted by molar-refractivity contribution is -0.132. The van der Waals surface area contributed by atoms with Crippen LogP contribution in [0.2, 0.25) is 0 Å². The highest BCUT2D eigenvalue weighted by Crippen LogP contribution is 2.44. The number of aromatic amines is 1. The van der Waals surface area contributed by atoms with Crippen LogP contribution in [-0.4, -0.2) is 21.8 Å². The molecule has 5 nitrogen and oxygen atoms in total. The lowest BCUT2D eigenvalue weighted by Gasteiger charge is -2.25. The molecule has 1 amide bonds. The van der Waals surface area contributed by atoms with Crippen LogP contribution < -0.4 is 4.90 Å². The van der Waals surface area contributed by atoms with Crippen LogP contribution in [0.1, 0.15) is 22.7 Å². The second kappa shape index (κ2) is 7.50. The highest BCUT2D eigenvalue weighted by atomic mass is 19.1. The van der Waals surface area contributed by atoms with Gasteiger partial charge in [-0.3, -0.25) is 14.5 Å². The summed E-state index contributed by atoms with van der Waals surface area (Å²) in [6, 6.07) is 19.2. The maximum atomic E-state index is 13.4. The van der Waals surface area contributed by atoms with Gasteiger partial charge in [-0.2, -0.15) is 0 Å². The number of nitrogens with zero attached hydrogens (tertiary/aromatic N) is 1. The van der Waals surface area contributed by atoms with Gasteiger partial charge in [-0.05, 0) is 49.4 Å². The first-order chi connectivity index (χ1) is 15.5. The quantitative estimate of drug-likeness (QED) is 0.267. The molecule has 32 heavy (non-hydrogen) atoms. The van der Waals surface area contributed by atoms with E-state index in [0.29, 0.717) is 11.3 Å². The van der Waals surface area contributed by atoms with Crippen molar-refractivity contribution in [2.75, 3.05) is 4.90 Å². The number of aryl methyl sites for hydroxylation is 1. The van der Waals surface area contributed by atoms with Crippen LogP contribution in [0.4, 0.5) is 10.1 Å². The van der Waals surface area contributed by atoms with E-state index in [1.54, 1.807) is 18.3 Å². The summed E-state index contributed by atoms with van der Waals surface area (Å²) in [5.41, 5.74) is 3.32. The molecule has 0 saturated carbocycles. The molecule has 5 rings (SSSR count). The molecule has 0 radical (unpaired) electrons. The zero-order valence-corrected chi connectivity index (χ0v) is 17.2. The number of para-hydroxylation sites is 1. The van der Waals surface area contributed by atoms with E-state index in [2.05, 4.69) is 4.98 Å². The van der Waals surface area contributed by atoms with Gasteiger partial charge in [0.15, 0.2) is 0 Å². The summed E-state index contributed by atoms with van der Waals surface area (Å²) in [5.74, 6) is -2.32. The number of rotatable bonds is 3. The third-order valence-electron chi connectivity index (χ3n) is 5.79. The van der Waals surface area contributed by atoms with E-state index in [4.69, 9.17) is 0 Å². The SMILES string of the molecule is Cc1ccc(N2C(=O)C(=O)/C(=C(/O)c3ccc(F)cc3)C2c2c[nH]c3ccccc23)cc1. The number of halogens is 1. The lowest BCUT2D eigenvalue weighted by atomic mass is 9.94. The van der Waals surface area contributed by atoms with Crippen molar-refractivity contribution in [3.63, 3.8) is 0 Å². The van der Waals surface area contributed by atoms with Crippen LogP contribution in [0.15, 0.2) is 84.6 Å². The molecule has 0 aliphatic carbocycles. The number of carbonyl (C=O) groups excluding carboxylic acids is 2. The number of fused-ring (bicyclic) bond motifs is 1. The smallest absolute Gasteiger partial charge is 0.300 e. The van der Waals surface area contributed by atoms with Crippen LogP contribution >= 0.6 is 0 Å². The molecule has 1 aromatic heterocycles. The van der Waals surface area contributed by atoms with Crippen molar-refractivity contribution in [1.82, 2.24) is 4.98 Å². The van der Waals surface area contributed by atoms with Crippen molar-refractivity contribution in [3.05, 3.63) is 107 Å². The monoisotopic (exact) mass is 426 g/mol. The van der Waals surface area contributed by atoms with Gasteiger partial charge in [0.2, 0.25) is 0 Å². The number of amides is 1. The summed E-state index contributed by atoms with van der Waals surface area (Å²) < 4.78 is 13.4. The minimum atomic E-state index is -0.848. The molecule has 2 heterocycles. The Labute approximate surface area is 183 Å². The number of H-pyrrole nitrogens is 1. The molecule has 2 N–H and O–H groups in total. The zero-order valence-electron chi connectivity index (χ0n) is 17.2. The fraction of sp³-hybridized carbons (Fsp3) is 0.0769. The fourth-order valence-corrected chi connectivity index (χ4v) is 4.18. The van der Waals surface area contributed by atoms with E-state index < -0.39 is 23.5 Å². The van der Waals surface area contributed by atoms with Crippen LogP contribution in [0, 0.1) is 12.7 Å². The second-order valence-electron chi connectivity index (χ2n) is 7.80. The molecule has 3 aromatic carbocycles. The molecule has 1 aliphatic heterocycles. The number of benzene rings is 3. The largest absolute Gasteiger partial charge is 0.507 e. The molecule has 158 valence electrons. The summed E-state index contributed by atoms with van der Waals surface area (Å²) >= 11 is 0. The maximum absolute atomic E-state index is 13.4. The van der Waals surface area contributed by atoms with Crippen molar-refractivity contribution in [3.8, 4) is 0 Å². The summed E-state index contributed by atoms with van der Waals surface area (Å²) in [6.45, 7) is 1.93. The van der Waals surface area contributed by atoms with Crippen molar-refractivity contribution in [2.24, 2.45) is 0 Å².